The van der Waals surface area contributed by atoms with E-state index in [-0.39, 0.29) is 23.9 Å². The van der Waals surface area contributed by atoms with Crippen LogP contribution in [0.2, 0.25) is 5.02 Å². The maximum Gasteiger partial charge on any atom is 0.323 e. The van der Waals surface area contributed by atoms with Crippen LogP contribution in [0.3, 0.4) is 0 Å². The summed E-state index contributed by atoms with van der Waals surface area (Å²) in [6, 6.07) is 21.6. The molecule has 2 atom stereocenters. The number of amides is 3. The van der Waals surface area contributed by atoms with Crippen LogP contribution in [0.1, 0.15) is 22.1 Å². The van der Waals surface area contributed by atoms with Gasteiger partial charge in [0, 0.05) is 17.3 Å². The molecule has 34 heavy (non-hydrogen) atoms. The smallest absolute Gasteiger partial charge is 0.323 e. The Labute approximate surface area is 208 Å². The van der Waals surface area contributed by atoms with Crippen molar-refractivity contribution >= 4 is 41.0 Å². The van der Waals surface area contributed by atoms with Crippen molar-refractivity contribution < 1.29 is 14.3 Å². The Bertz CT molecular complexity index is 1170. The average Bonchev–Trinajstić information content (AvgIpc) is 3.29. The van der Waals surface area contributed by atoms with Gasteiger partial charge in [0.05, 0.1) is 12.8 Å². The highest BCUT2D eigenvalue weighted by Crippen LogP contribution is 2.42. The number of hydrogen-bond acceptors (Lipinski definition) is 4. The number of thioether (sulfide) groups is 1. The molecule has 1 fully saturated rings. The Morgan fingerprint density at radius 1 is 1.06 bits per heavy atom. The summed E-state index contributed by atoms with van der Waals surface area (Å²) in [5.41, 5.74) is 3.46. The van der Waals surface area contributed by atoms with Gasteiger partial charge < -0.3 is 15.4 Å². The fourth-order valence-electron chi connectivity index (χ4n) is 3.81. The summed E-state index contributed by atoms with van der Waals surface area (Å²) in [5.74, 6) is 0.804. The summed E-state index contributed by atoms with van der Waals surface area (Å²) in [6.07, 6.45) is 0. The SMILES string of the molecule is COc1ccccc1NC(=O)N1[C@@H](c2ccc(C)cc2)SC[C@H]1C(=O)NCc1ccccc1Cl. The van der Waals surface area contributed by atoms with Gasteiger partial charge in [0.15, 0.2) is 0 Å². The topological polar surface area (TPSA) is 70.7 Å². The zero-order chi connectivity index (χ0) is 24.1. The standard InChI is InChI=1S/C26H26ClN3O3S/c1-17-11-13-18(14-12-17)25-30(26(32)29-21-9-5-6-10-23(21)33-2)22(16-34-25)24(31)28-15-19-7-3-4-8-20(19)27/h3-14,22,25H,15-16H2,1-2H3,(H,28,31)(H,29,32)/t22-,25+/m0/s1. The summed E-state index contributed by atoms with van der Waals surface area (Å²) >= 11 is 7.81. The number of ether oxygens (including phenoxy) is 1. The molecule has 1 heterocycles. The number of anilines is 1. The van der Waals surface area contributed by atoms with Crippen LogP contribution in [0.15, 0.2) is 72.8 Å². The van der Waals surface area contributed by atoms with Crippen molar-refractivity contribution in [3.8, 4) is 5.75 Å². The van der Waals surface area contributed by atoms with Crippen LogP contribution in [0.5, 0.6) is 5.75 Å². The maximum absolute atomic E-state index is 13.5. The van der Waals surface area contributed by atoms with E-state index in [9.17, 15) is 9.59 Å². The molecule has 3 aromatic rings. The first-order chi connectivity index (χ1) is 16.5. The van der Waals surface area contributed by atoms with E-state index >= 15 is 0 Å². The van der Waals surface area contributed by atoms with Gasteiger partial charge in [-0.05, 0) is 36.2 Å². The molecule has 0 bridgehead atoms. The van der Waals surface area contributed by atoms with E-state index in [0.717, 1.165) is 16.7 Å². The lowest BCUT2D eigenvalue weighted by Crippen LogP contribution is -2.49. The monoisotopic (exact) mass is 495 g/mol. The van der Waals surface area contributed by atoms with E-state index in [1.165, 1.54) is 0 Å². The molecule has 0 spiro atoms. The van der Waals surface area contributed by atoms with Crippen LogP contribution in [-0.2, 0) is 11.3 Å². The van der Waals surface area contributed by atoms with Gasteiger partial charge in [-0.25, -0.2) is 4.79 Å². The van der Waals surface area contributed by atoms with Crippen LogP contribution >= 0.6 is 23.4 Å². The summed E-state index contributed by atoms with van der Waals surface area (Å²) < 4.78 is 5.38. The number of nitrogens with zero attached hydrogens (tertiary/aromatic N) is 1. The Balaban J connectivity index is 1.58. The van der Waals surface area contributed by atoms with Crippen molar-refractivity contribution in [3.63, 3.8) is 0 Å². The molecular weight excluding hydrogens is 470 g/mol. The number of urea groups is 1. The lowest BCUT2D eigenvalue weighted by atomic mass is 10.1. The Morgan fingerprint density at radius 3 is 2.50 bits per heavy atom. The third kappa shape index (κ3) is 5.32. The zero-order valence-corrected chi connectivity index (χ0v) is 20.5. The highest BCUT2D eigenvalue weighted by Gasteiger charge is 2.42. The highest BCUT2D eigenvalue weighted by atomic mass is 35.5. The molecule has 1 aliphatic heterocycles. The summed E-state index contributed by atoms with van der Waals surface area (Å²) in [6.45, 7) is 2.31. The van der Waals surface area contributed by atoms with E-state index < -0.39 is 6.04 Å². The third-order valence-electron chi connectivity index (χ3n) is 5.66. The number of methoxy groups -OCH3 is 1. The molecule has 2 N–H and O–H groups in total. The van der Waals surface area contributed by atoms with Gasteiger partial charge in [-0.15, -0.1) is 11.8 Å². The predicted octanol–water partition coefficient (Wildman–Crippen LogP) is 5.62. The lowest BCUT2D eigenvalue weighted by Gasteiger charge is -2.29. The molecule has 8 heteroatoms. The maximum atomic E-state index is 13.5. The highest BCUT2D eigenvalue weighted by molar-refractivity contribution is 7.99. The first-order valence-electron chi connectivity index (χ1n) is 10.9. The predicted molar refractivity (Wildman–Crippen MR) is 137 cm³/mol. The molecule has 0 unspecified atom stereocenters. The minimum absolute atomic E-state index is 0.225. The Kier molecular flexibility index (Phi) is 7.65. The number of benzene rings is 3. The van der Waals surface area contributed by atoms with Crippen LogP contribution in [0.25, 0.3) is 0 Å². The zero-order valence-electron chi connectivity index (χ0n) is 19.0. The molecule has 1 saturated heterocycles. The number of carbonyl (C=O) groups is 2. The van der Waals surface area contributed by atoms with Gasteiger partial charge in [-0.2, -0.15) is 0 Å². The third-order valence-corrected chi connectivity index (χ3v) is 7.35. The van der Waals surface area contributed by atoms with Crippen LogP contribution in [-0.4, -0.2) is 35.7 Å². The molecule has 1 aliphatic rings. The Hall–Kier alpha value is -3.16. The number of halogens is 1. The molecule has 3 amide bonds. The second-order valence-electron chi connectivity index (χ2n) is 7.96. The van der Waals surface area contributed by atoms with Gasteiger partial charge in [-0.3, -0.25) is 9.69 Å². The van der Waals surface area contributed by atoms with Gasteiger partial charge >= 0.3 is 6.03 Å². The molecule has 0 saturated carbocycles. The molecule has 0 aliphatic carbocycles. The molecule has 3 aromatic carbocycles. The second kappa shape index (κ2) is 10.8. The summed E-state index contributed by atoms with van der Waals surface area (Å²) in [4.78, 5) is 28.4. The van der Waals surface area contributed by atoms with Crippen molar-refractivity contribution in [2.45, 2.75) is 24.9 Å². The quantitative estimate of drug-likeness (QED) is 0.465. The minimum Gasteiger partial charge on any atom is -0.495 e. The van der Waals surface area contributed by atoms with E-state index in [1.54, 1.807) is 42.0 Å². The number of rotatable bonds is 6. The van der Waals surface area contributed by atoms with Gasteiger partial charge in [-0.1, -0.05) is 71.8 Å². The van der Waals surface area contributed by atoms with E-state index in [0.29, 0.717) is 22.2 Å². The molecule has 6 nitrogen and oxygen atoms in total. The number of carbonyl (C=O) groups excluding carboxylic acids is 2. The fourth-order valence-corrected chi connectivity index (χ4v) is 5.45. The molecule has 176 valence electrons. The lowest BCUT2D eigenvalue weighted by molar-refractivity contribution is -0.124. The first kappa shape index (κ1) is 24.0. The van der Waals surface area contributed by atoms with E-state index in [4.69, 9.17) is 16.3 Å². The number of para-hydroxylation sites is 2. The van der Waals surface area contributed by atoms with Crippen molar-refractivity contribution in [1.29, 1.82) is 0 Å². The average molecular weight is 496 g/mol. The van der Waals surface area contributed by atoms with E-state index in [1.807, 2.05) is 61.5 Å². The Morgan fingerprint density at radius 2 is 1.76 bits per heavy atom. The van der Waals surface area contributed by atoms with Crippen molar-refractivity contribution in [2.24, 2.45) is 0 Å². The van der Waals surface area contributed by atoms with Crippen molar-refractivity contribution in [3.05, 3.63) is 94.5 Å². The minimum atomic E-state index is -0.645. The second-order valence-corrected chi connectivity index (χ2v) is 9.48. The fraction of sp³-hybridized carbons (Fsp3) is 0.231. The summed E-state index contributed by atoms with van der Waals surface area (Å²) in [5, 5.41) is 6.17. The molecule has 0 radical (unpaired) electrons. The number of aryl methyl sites for hydroxylation is 1. The van der Waals surface area contributed by atoms with Crippen LogP contribution in [0.4, 0.5) is 10.5 Å². The normalized spacial score (nSPS) is 17.3. The molecular formula is C26H26ClN3O3S. The van der Waals surface area contributed by atoms with Crippen molar-refractivity contribution in [1.82, 2.24) is 10.2 Å². The van der Waals surface area contributed by atoms with Gasteiger partial charge in [0.25, 0.3) is 0 Å². The first-order valence-corrected chi connectivity index (χ1v) is 12.3. The molecule has 4 rings (SSSR count). The molecule has 0 aromatic heterocycles. The van der Waals surface area contributed by atoms with Gasteiger partial charge in [0.1, 0.15) is 17.2 Å². The van der Waals surface area contributed by atoms with Gasteiger partial charge in [0.2, 0.25) is 5.91 Å². The van der Waals surface area contributed by atoms with Crippen LogP contribution in [0, 0.1) is 6.92 Å². The van der Waals surface area contributed by atoms with E-state index in [2.05, 4.69) is 10.6 Å². The number of nitrogens with one attached hydrogen (secondary N) is 2. The largest absolute Gasteiger partial charge is 0.495 e. The van der Waals surface area contributed by atoms with Crippen molar-refractivity contribution in [2.75, 3.05) is 18.2 Å². The van der Waals surface area contributed by atoms with Crippen LogP contribution < -0.4 is 15.4 Å². The number of hydrogen-bond donors (Lipinski definition) is 2. The summed E-state index contributed by atoms with van der Waals surface area (Å²) in [7, 11) is 1.55.